The van der Waals surface area contributed by atoms with Crippen LogP contribution < -0.4 is 15.2 Å². The van der Waals surface area contributed by atoms with Crippen molar-refractivity contribution in [2.75, 3.05) is 13.3 Å². The van der Waals surface area contributed by atoms with Gasteiger partial charge < -0.3 is 15.2 Å². The molecule has 1 amide bonds. The van der Waals surface area contributed by atoms with E-state index >= 15 is 0 Å². The van der Waals surface area contributed by atoms with Crippen LogP contribution in [0.5, 0.6) is 11.5 Å². The van der Waals surface area contributed by atoms with Crippen molar-refractivity contribution in [1.82, 2.24) is 14.7 Å². The van der Waals surface area contributed by atoms with Gasteiger partial charge in [0.2, 0.25) is 12.7 Å². The fourth-order valence-corrected chi connectivity index (χ4v) is 4.27. The molecule has 3 heterocycles. The number of rotatable bonds is 6. The summed E-state index contributed by atoms with van der Waals surface area (Å²) >= 11 is 0. The van der Waals surface area contributed by atoms with Crippen LogP contribution in [0.4, 0.5) is 0 Å². The predicted octanol–water partition coefficient (Wildman–Crippen LogP) is 2.78. The number of nitrogens with zero attached hydrogens (tertiary/aromatic N) is 3. The maximum absolute atomic E-state index is 11.9. The zero-order valence-corrected chi connectivity index (χ0v) is 16.7. The number of primary amides is 1. The van der Waals surface area contributed by atoms with Crippen LogP contribution in [0, 0.1) is 0 Å². The van der Waals surface area contributed by atoms with Crippen LogP contribution in [0.2, 0.25) is 0 Å². The van der Waals surface area contributed by atoms with E-state index in [1.54, 1.807) is 0 Å². The predicted molar refractivity (Wildman–Crippen MR) is 112 cm³/mol. The van der Waals surface area contributed by atoms with Gasteiger partial charge in [-0.1, -0.05) is 30.3 Å². The van der Waals surface area contributed by atoms with Crippen molar-refractivity contribution >= 4 is 5.91 Å². The van der Waals surface area contributed by atoms with Gasteiger partial charge in [-0.25, -0.2) is 0 Å². The molecule has 0 bridgehead atoms. The molecule has 2 aliphatic heterocycles. The first kappa shape index (κ1) is 18.7. The van der Waals surface area contributed by atoms with E-state index in [1.807, 2.05) is 41.1 Å². The fraction of sp³-hybridized carbons (Fsp3) is 0.304. The molecule has 0 spiro atoms. The molecule has 1 aromatic heterocycles. The molecule has 0 unspecified atom stereocenters. The van der Waals surface area contributed by atoms with Crippen LogP contribution in [0.15, 0.2) is 54.7 Å². The SMILES string of the molecule is NC(=O)[C@@H]1CCCN1Cc1cn(Cc2ccccc2)nc1-c1ccc2c(c1)OCO2. The van der Waals surface area contributed by atoms with Crippen LogP contribution in [-0.2, 0) is 17.9 Å². The molecular formula is C23H24N4O3. The van der Waals surface area contributed by atoms with E-state index in [1.165, 1.54) is 5.56 Å². The summed E-state index contributed by atoms with van der Waals surface area (Å²) in [6.07, 6.45) is 3.86. The molecule has 154 valence electrons. The van der Waals surface area contributed by atoms with Gasteiger partial charge in [0.05, 0.1) is 18.3 Å². The van der Waals surface area contributed by atoms with E-state index in [0.717, 1.165) is 47.7 Å². The van der Waals surface area contributed by atoms with Crippen molar-refractivity contribution in [2.24, 2.45) is 5.73 Å². The first-order valence-electron chi connectivity index (χ1n) is 10.2. The quantitative estimate of drug-likeness (QED) is 0.683. The summed E-state index contributed by atoms with van der Waals surface area (Å²) in [4.78, 5) is 14.0. The Hall–Kier alpha value is -3.32. The Labute approximate surface area is 175 Å². The molecule has 5 rings (SSSR count). The summed E-state index contributed by atoms with van der Waals surface area (Å²) < 4.78 is 13.0. The number of fused-ring (bicyclic) bond motifs is 1. The normalized spacial score (nSPS) is 18.1. The lowest BCUT2D eigenvalue weighted by atomic mass is 10.1. The molecule has 0 aliphatic carbocycles. The summed E-state index contributed by atoms with van der Waals surface area (Å²) in [5.41, 5.74) is 9.73. The maximum Gasteiger partial charge on any atom is 0.234 e. The standard InChI is InChI=1S/C23H24N4O3/c24-23(28)19-7-4-10-26(19)13-18-14-27(12-16-5-2-1-3-6-16)25-22(18)17-8-9-20-21(11-17)30-15-29-20/h1-3,5-6,8-9,11,14,19H,4,7,10,12-13,15H2,(H2,24,28)/t19-/m0/s1. The van der Waals surface area contributed by atoms with Crippen LogP contribution in [0.25, 0.3) is 11.3 Å². The van der Waals surface area contributed by atoms with Gasteiger partial charge in [0, 0.05) is 23.9 Å². The highest BCUT2D eigenvalue weighted by Gasteiger charge is 2.30. The monoisotopic (exact) mass is 404 g/mol. The minimum atomic E-state index is -0.256. The summed E-state index contributed by atoms with van der Waals surface area (Å²) in [6, 6.07) is 15.9. The molecule has 30 heavy (non-hydrogen) atoms. The summed E-state index contributed by atoms with van der Waals surface area (Å²) in [6.45, 7) is 2.41. The number of amides is 1. The Bertz CT molecular complexity index is 1060. The van der Waals surface area contributed by atoms with Gasteiger partial charge in [-0.15, -0.1) is 0 Å². The smallest absolute Gasteiger partial charge is 0.234 e. The van der Waals surface area contributed by atoms with E-state index in [9.17, 15) is 4.79 Å². The third kappa shape index (κ3) is 3.64. The Morgan fingerprint density at radius 3 is 2.77 bits per heavy atom. The number of hydrogen-bond acceptors (Lipinski definition) is 5. The van der Waals surface area contributed by atoms with E-state index in [4.69, 9.17) is 20.3 Å². The summed E-state index contributed by atoms with van der Waals surface area (Å²) in [7, 11) is 0. The number of nitrogens with two attached hydrogens (primary N) is 1. The van der Waals surface area contributed by atoms with Crippen LogP contribution >= 0.6 is 0 Å². The molecule has 7 heteroatoms. The summed E-state index contributed by atoms with van der Waals surface area (Å²) in [5, 5.41) is 4.89. The van der Waals surface area contributed by atoms with E-state index < -0.39 is 0 Å². The zero-order valence-electron chi connectivity index (χ0n) is 16.7. The maximum atomic E-state index is 11.9. The topological polar surface area (TPSA) is 82.6 Å². The molecule has 2 aromatic carbocycles. The van der Waals surface area contributed by atoms with Crippen molar-refractivity contribution in [3.8, 4) is 22.8 Å². The molecule has 1 atom stereocenters. The van der Waals surface area contributed by atoms with Crippen LogP contribution in [-0.4, -0.2) is 40.0 Å². The first-order chi connectivity index (χ1) is 14.7. The highest BCUT2D eigenvalue weighted by Crippen LogP contribution is 2.37. The lowest BCUT2D eigenvalue weighted by molar-refractivity contribution is -0.122. The Kier molecular flexibility index (Phi) is 4.88. The van der Waals surface area contributed by atoms with Crippen molar-refractivity contribution in [2.45, 2.75) is 32.0 Å². The molecule has 7 nitrogen and oxygen atoms in total. The number of carbonyl (C=O) groups excluding carboxylic acids is 1. The number of carbonyl (C=O) groups is 1. The van der Waals surface area contributed by atoms with Gasteiger partial charge in [-0.2, -0.15) is 5.10 Å². The van der Waals surface area contributed by atoms with Crippen molar-refractivity contribution < 1.29 is 14.3 Å². The molecule has 2 aliphatic rings. The van der Waals surface area contributed by atoms with Gasteiger partial charge in [-0.05, 0) is 43.1 Å². The second kappa shape index (κ2) is 7.84. The number of aromatic nitrogens is 2. The lowest BCUT2D eigenvalue weighted by Crippen LogP contribution is -2.39. The largest absolute Gasteiger partial charge is 0.454 e. The van der Waals surface area contributed by atoms with Crippen molar-refractivity contribution in [1.29, 1.82) is 0 Å². The second-order valence-corrected chi connectivity index (χ2v) is 7.79. The highest BCUT2D eigenvalue weighted by atomic mass is 16.7. The molecule has 0 saturated carbocycles. The van der Waals surface area contributed by atoms with Gasteiger partial charge in [0.25, 0.3) is 0 Å². The van der Waals surface area contributed by atoms with Gasteiger partial charge in [0.15, 0.2) is 11.5 Å². The second-order valence-electron chi connectivity index (χ2n) is 7.79. The lowest BCUT2D eigenvalue weighted by Gasteiger charge is -2.21. The Balaban J connectivity index is 1.49. The third-order valence-corrected chi connectivity index (χ3v) is 5.74. The third-order valence-electron chi connectivity index (χ3n) is 5.74. The first-order valence-corrected chi connectivity index (χ1v) is 10.2. The van der Waals surface area contributed by atoms with E-state index in [0.29, 0.717) is 13.1 Å². The molecule has 1 saturated heterocycles. The van der Waals surface area contributed by atoms with E-state index in [2.05, 4.69) is 23.2 Å². The van der Waals surface area contributed by atoms with Gasteiger partial charge >= 0.3 is 0 Å². The zero-order chi connectivity index (χ0) is 20.5. The Morgan fingerprint density at radius 1 is 1.10 bits per heavy atom. The van der Waals surface area contributed by atoms with E-state index in [-0.39, 0.29) is 18.7 Å². The number of ether oxygens (including phenoxy) is 2. The number of hydrogen-bond donors (Lipinski definition) is 1. The summed E-state index contributed by atoms with van der Waals surface area (Å²) in [5.74, 6) is 1.22. The van der Waals surface area contributed by atoms with Gasteiger partial charge in [-0.3, -0.25) is 14.4 Å². The fourth-order valence-electron chi connectivity index (χ4n) is 4.27. The molecule has 3 aromatic rings. The average Bonchev–Trinajstić information content (AvgIpc) is 3.48. The average molecular weight is 404 g/mol. The molecule has 1 fully saturated rings. The van der Waals surface area contributed by atoms with Crippen LogP contribution in [0.3, 0.4) is 0 Å². The highest BCUT2D eigenvalue weighted by molar-refractivity contribution is 5.80. The Morgan fingerprint density at radius 2 is 1.93 bits per heavy atom. The molecule has 2 N–H and O–H groups in total. The van der Waals surface area contributed by atoms with Gasteiger partial charge in [0.1, 0.15) is 0 Å². The van der Waals surface area contributed by atoms with Crippen molar-refractivity contribution in [3.05, 3.63) is 65.9 Å². The van der Waals surface area contributed by atoms with Crippen LogP contribution in [0.1, 0.15) is 24.0 Å². The minimum Gasteiger partial charge on any atom is -0.454 e. The minimum absolute atomic E-state index is 0.216. The van der Waals surface area contributed by atoms with Crippen molar-refractivity contribution in [3.63, 3.8) is 0 Å². The molecule has 0 radical (unpaired) electrons. The number of benzene rings is 2. The molecular weight excluding hydrogens is 380 g/mol. The number of likely N-dealkylation sites (tertiary alicyclic amines) is 1.